The third kappa shape index (κ3) is 5.72. The highest BCUT2D eigenvalue weighted by atomic mass is 16.1. The Kier molecular flexibility index (Phi) is 7.23. The van der Waals surface area contributed by atoms with Gasteiger partial charge < -0.3 is 9.88 Å². The maximum Gasteiger partial charge on any atom is 0.224 e. The van der Waals surface area contributed by atoms with E-state index in [1.165, 1.54) is 16.7 Å². The molecule has 5 rings (SSSR count). The number of hydrogen-bond acceptors (Lipinski definition) is 2. The number of benzene rings is 4. The Morgan fingerprint density at radius 1 is 0.806 bits per heavy atom. The van der Waals surface area contributed by atoms with E-state index in [0.29, 0.717) is 13.0 Å². The van der Waals surface area contributed by atoms with Gasteiger partial charge in [0.05, 0.1) is 17.5 Å². The first kappa shape index (κ1) is 23.6. The molecule has 0 saturated heterocycles. The molecule has 4 heteroatoms. The first-order chi connectivity index (χ1) is 17.7. The SMILES string of the molecule is Cc1cccc(Cn2c(CCCNC(=O)Cc3ccc(-c4ccccc4)cc3)nc3ccccc32)c1. The molecule has 0 spiro atoms. The van der Waals surface area contributed by atoms with Crippen LogP contribution in [0.2, 0.25) is 0 Å². The number of aryl methyl sites for hydroxylation is 2. The van der Waals surface area contributed by atoms with Gasteiger partial charge in [-0.05, 0) is 47.7 Å². The molecule has 1 aromatic heterocycles. The molecule has 0 aliphatic heterocycles. The van der Waals surface area contributed by atoms with E-state index in [1.54, 1.807) is 0 Å². The van der Waals surface area contributed by atoms with Gasteiger partial charge in [0, 0.05) is 19.5 Å². The van der Waals surface area contributed by atoms with Crippen LogP contribution in [0.3, 0.4) is 0 Å². The first-order valence-electron chi connectivity index (χ1n) is 12.6. The topological polar surface area (TPSA) is 46.9 Å². The predicted octanol–water partition coefficient (Wildman–Crippen LogP) is 6.35. The van der Waals surface area contributed by atoms with Crippen molar-refractivity contribution in [3.8, 4) is 11.1 Å². The molecule has 4 nitrogen and oxygen atoms in total. The van der Waals surface area contributed by atoms with Gasteiger partial charge >= 0.3 is 0 Å². The van der Waals surface area contributed by atoms with Crippen LogP contribution in [0, 0.1) is 6.92 Å². The number of fused-ring (bicyclic) bond motifs is 1. The van der Waals surface area contributed by atoms with E-state index in [0.717, 1.165) is 47.4 Å². The van der Waals surface area contributed by atoms with Crippen molar-refractivity contribution in [2.24, 2.45) is 0 Å². The lowest BCUT2D eigenvalue weighted by molar-refractivity contribution is -0.120. The summed E-state index contributed by atoms with van der Waals surface area (Å²) in [6.07, 6.45) is 2.04. The highest BCUT2D eigenvalue weighted by Gasteiger charge is 2.11. The second kappa shape index (κ2) is 11.0. The molecule has 0 radical (unpaired) electrons. The van der Waals surface area contributed by atoms with Crippen molar-refractivity contribution in [2.75, 3.05) is 6.54 Å². The zero-order valence-corrected chi connectivity index (χ0v) is 20.7. The maximum atomic E-state index is 12.5. The Balaban J connectivity index is 1.17. The zero-order chi connectivity index (χ0) is 24.7. The van der Waals surface area contributed by atoms with Crippen LogP contribution in [-0.2, 0) is 24.2 Å². The van der Waals surface area contributed by atoms with Crippen molar-refractivity contribution in [3.05, 3.63) is 126 Å². The number of carbonyl (C=O) groups excluding carboxylic acids is 1. The lowest BCUT2D eigenvalue weighted by Crippen LogP contribution is -2.26. The van der Waals surface area contributed by atoms with Crippen molar-refractivity contribution in [2.45, 2.75) is 32.7 Å². The van der Waals surface area contributed by atoms with Crippen LogP contribution in [0.4, 0.5) is 0 Å². The highest BCUT2D eigenvalue weighted by molar-refractivity contribution is 5.79. The maximum absolute atomic E-state index is 12.5. The molecule has 0 unspecified atom stereocenters. The third-order valence-corrected chi connectivity index (χ3v) is 6.48. The van der Waals surface area contributed by atoms with E-state index in [1.807, 2.05) is 36.4 Å². The van der Waals surface area contributed by atoms with Crippen molar-refractivity contribution < 1.29 is 4.79 Å². The van der Waals surface area contributed by atoms with Crippen LogP contribution in [0.25, 0.3) is 22.2 Å². The molecule has 4 aromatic carbocycles. The van der Waals surface area contributed by atoms with Crippen molar-refractivity contribution in [3.63, 3.8) is 0 Å². The summed E-state index contributed by atoms with van der Waals surface area (Å²) in [6.45, 7) is 3.55. The largest absolute Gasteiger partial charge is 0.356 e. The number of carbonyl (C=O) groups is 1. The Bertz CT molecular complexity index is 1450. The molecular formula is C32H31N3O. The van der Waals surface area contributed by atoms with Gasteiger partial charge in [0.25, 0.3) is 0 Å². The van der Waals surface area contributed by atoms with Crippen LogP contribution in [0.1, 0.15) is 28.9 Å². The van der Waals surface area contributed by atoms with Crippen LogP contribution >= 0.6 is 0 Å². The molecule has 0 atom stereocenters. The quantitative estimate of drug-likeness (QED) is 0.254. The molecule has 0 aliphatic carbocycles. The Hall–Kier alpha value is -4.18. The standard InChI is InChI=1S/C32H31N3O/c1-24-9-7-10-26(21-24)23-35-30-14-6-5-13-29(30)34-31(35)15-8-20-33-32(36)22-25-16-18-28(19-17-25)27-11-3-2-4-12-27/h2-7,9-14,16-19,21H,8,15,20,22-23H2,1H3,(H,33,36). The number of para-hydroxylation sites is 2. The normalized spacial score (nSPS) is 11.0. The molecule has 1 heterocycles. The molecule has 36 heavy (non-hydrogen) atoms. The highest BCUT2D eigenvalue weighted by Crippen LogP contribution is 2.20. The molecule has 0 saturated carbocycles. The number of amides is 1. The van der Waals surface area contributed by atoms with Gasteiger partial charge in [0.15, 0.2) is 0 Å². The molecule has 1 N–H and O–H groups in total. The predicted molar refractivity (Wildman–Crippen MR) is 147 cm³/mol. The number of imidazole rings is 1. The molecule has 0 bridgehead atoms. The van der Waals surface area contributed by atoms with Crippen LogP contribution in [0.15, 0.2) is 103 Å². The second-order valence-electron chi connectivity index (χ2n) is 9.29. The van der Waals surface area contributed by atoms with Gasteiger partial charge in [-0.25, -0.2) is 4.98 Å². The molecule has 0 fully saturated rings. The molecule has 0 aliphatic rings. The lowest BCUT2D eigenvalue weighted by atomic mass is 10.0. The number of nitrogens with one attached hydrogen (secondary N) is 1. The summed E-state index contributed by atoms with van der Waals surface area (Å²) in [5, 5.41) is 3.08. The van der Waals surface area contributed by atoms with E-state index in [9.17, 15) is 4.79 Å². The minimum atomic E-state index is 0.0516. The summed E-state index contributed by atoms with van der Waals surface area (Å²) >= 11 is 0. The number of nitrogens with zero attached hydrogens (tertiary/aromatic N) is 2. The second-order valence-corrected chi connectivity index (χ2v) is 9.29. The van der Waals surface area contributed by atoms with E-state index >= 15 is 0 Å². The summed E-state index contributed by atoms with van der Waals surface area (Å²) in [4.78, 5) is 17.4. The molecule has 180 valence electrons. The number of aromatic nitrogens is 2. The smallest absolute Gasteiger partial charge is 0.224 e. The Labute approximate surface area is 212 Å². The Morgan fingerprint density at radius 3 is 2.36 bits per heavy atom. The van der Waals surface area contributed by atoms with Crippen molar-refractivity contribution in [1.82, 2.24) is 14.9 Å². The van der Waals surface area contributed by atoms with Crippen LogP contribution in [0.5, 0.6) is 0 Å². The van der Waals surface area contributed by atoms with Gasteiger partial charge in [-0.3, -0.25) is 4.79 Å². The number of rotatable bonds is 9. The van der Waals surface area contributed by atoms with E-state index in [-0.39, 0.29) is 5.91 Å². The van der Waals surface area contributed by atoms with E-state index in [2.05, 4.69) is 83.5 Å². The zero-order valence-electron chi connectivity index (χ0n) is 20.7. The first-order valence-corrected chi connectivity index (χ1v) is 12.6. The summed E-state index contributed by atoms with van der Waals surface area (Å²) in [7, 11) is 0. The number of hydrogen-bond donors (Lipinski definition) is 1. The van der Waals surface area contributed by atoms with Gasteiger partial charge in [0.1, 0.15) is 5.82 Å². The van der Waals surface area contributed by atoms with Gasteiger partial charge in [-0.15, -0.1) is 0 Å². The van der Waals surface area contributed by atoms with Crippen LogP contribution < -0.4 is 5.32 Å². The minimum absolute atomic E-state index is 0.0516. The van der Waals surface area contributed by atoms with Gasteiger partial charge in [-0.2, -0.15) is 0 Å². The average molecular weight is 474 g/mol. The minimum Gasteiger partial charge on any atom is -0.356 e. The lowest BCUT2D eigenvalue weighted by Gasteiger charge is -2.11. The van der Waals surface area contributed by atoms with Crippen molar-refractivity contribution >= 4 is 16.9 Å². The monoisotopic (exact) mass is 473 g/mol. The Morgan fingerprint density at radius 2 is 1.56 bits per heavy atom. The fourth-order valence-corrected chi connectivity index (χ4v) is 4.65. The molecular weight excluding hydrogens is 442 g/mol. The third-order valence-electron chi connectivity index (χ3n) is 6.48. The summed E-state index contributed by atoms with van der Waals surface area (Å²) < 4.78 is 2.31. The molecule has 5 aromatic rings. The van der Waals surface area contributed by atoms with E-state index in [4.69, 9.17) is 4.98 Å². The summed E-state index contributed by atoms with van der Waals surface area (Å²) in [5.74, 6) is 1.11. The van der Waals surface area contributed by atoms with Gasteiger partial charge in [0.2, 0.25) is 5.91 Å². The van der Waals surface area contributed by atoms with Gasteiger partial charge in [-0.1, -0.05) is 96.6 Å². The fourth-order valence-electron chi connectivity index (χ4n) is 4.65. The van der Waals surface area contributed by atoms with E-state index < -0.39 is 0 Å². The molecule has 1 amide bonds. The summed E-state index contributed by atoms with van der Waals surface area (Å²) in [6, 6.07) is 35.4. The van der Waals surface area contributed by atoms with Crippen molar-refractivity contribution in [1.29, 1.82) is 0 Å². The average Bonchev–Trinajstić information content (AvgIpc) is 3.25. The fraction of sp³-hybridized carbons (Fsp3) is 0.188. The van der Waals surface area contributed by atoms with Crippen LogP contribution in [-0.4, -0.2) is 22.0 Å². The summed E-state index contributed by atoms with van der Waals surface area (Å²) in [5.41, 5.74) is 8.06.